The van der Waals surface area contributed by atoms with Crippen molar-refractivity contribution >= 4 is 39.1 Å². The highest BCUT2D eigenvalue weighted by Crippen LogP contribution is 2.43. The minimum absolute atomic E-state index is 0.0662. The largest absolute Gasteiger partial charge is 0.507 e. The highest BCUT2D eigenvalue weighted by Gasteiger charge is 2.47. The molecule has 0 radical (unpaired) electrons. The molecular weight excluding hydrogens is 494 g/mol. The third kappa shape index (κ3) is 4.64. The van der Waals surface area contributed by atoms with E-state index in [1.54, 1.807) is 42.5 Å². The number of anilines is 1. The lowest BCUT2D eigenvalue weighted by atomic mass is 9.94. The lowest BCUT2D eigenvalue weighted by Crippen LogP contribution is -2.29. The van der Waals surface area contributed by atoms with Crippen LogP contribution in [0.1, 0.15) is 43.0 Å². The van der Waals surface area contributed by atoms with E-state index in [1.165, 1.54) is 4.90 Å². The Balaban J connectivity index is 1.88. The first-order valence-electron chi connectivity index (χ1n) is 11.3. The van der Waals surface area contributed by atoms with Crippen LogP contribution in [0.4, 0.5) is 5.69 Å². The van der Waals surface area contributed by atoms with E-state index >= 15 is 0 Å². The van der Waals surface area contributed by atoms with Crippen molar-refractivity contribution in [2.45, 2.75) is 32.7 Å². The van der Waals surface area contributed by atoms with E-state index < -0.39 is 17.7 Å². The molecule has 3 aromatic carbocycles. The molecule has 1 N–H and O–H groups in total. The fourth-order valence-electron chi connectivity index (χ4n) is 4.06. The molecule has 34 heavy (non-hydrogen) atoms. The van der Waals surface area contributed by atoms with Gasteiger partial charge in [-0.25, -0.2) is 0 Å². The summed E-state index contributed by atoms with van der Waals surface area (Å²) in [4.78, 5) is 28.1. The van der Waals surface area contributed by atoms with Crippen molar-refractivity contribution in [1.29, 1.82) is 0 Å². The van der Waals surface area contributed by atoms with E-state index in [9.17, 15) is 14.7 Å². The summed E-state index contributed by atoms with van der Waals surface area (Å²) in [6, 6.07) is 21.2. The van der Waals surface area contributed by atoms with E-state index in [4.69, 9.17) is 4.74 Å². The molecule has 6 heteroatoms. The number of aryl methyl sites for hydroxylation is 1. The summed E-state index contributed by atoms with van der Waals surface area (Å²) in [7, 11) is 0. The number of nitrogens with zero attached hydrogens (tertiary/aromatic N) is 1. The van der Waals surface area contributed by atoms with Crippen LogP contribution in [-0.2, 0) is 16.0 Å². The van der Waals surface area contributed by atoms with Crippen LogP contribution in [0.2, 0.25) is 0 Å². The molecule has 4 rings (SSSR count). The fraction of sp³-hybridized carbons (Fsp3) is 0.214. The molecule has 1 fully saturated rings. The maximum Gasteiger partial charge on any atom is 0.300 e. The third-order valence-corrected chi connectivity index (χ3v) is 6.36. The van der Waals surface area contributed by atoms with Gasteiger partial charge in [0.1, 0.15) is 11.5 Å². The maximum atomic E-state index is 13.3. The molecule has 1 saturated heterocycles. The first-order chi connectivity index (χ1) is 16.4. The van der Waals surface area contributed by atoms with Crippen LogP contribution in [0.3, 0.4) is 0 Å². The topological polar surface area (TPSA) is 66.8 Å². The molecule has 0 aromatic heterocycles. The Morgan fingerprint density at radius 2 is 1.71 bits per heavy atom. The molecule has 0 spiro atoms. The summed E-state index contributed by atoms with van der Waals surface area (Å²) in [5.74, 6) is -0.980. The lowest BCUT2D eigenvalue weighted by molar-refractivity contribution is -0.132. The molecule has 0 aliphatic carbocycles. The van der Waals surface area contributed by atoms with Crippen molar-refractivity contribution in [3.05, 3.63) is 99.5 Å². The van der Waals surface area contributed by atoms with E-state index in [2.05, 4.69) is 22.9 Å². The van der Waals surface area contributed by atoms with Crippen molar-refractivity contribution in [1.82, 2.24) is 0 Å². The number of Topliss-reactive ketones (excluding diaryl/α,β-unsaturated/α-hetero) is 1. The van der Waals surface area contributed by atoms with Gasteiger partial charge in [0.2, 0.25) is 0 Å². The summed E-state index contributed by atoms with van der Waals surface area (Å²) < 4.78 is 6.60. The molecule has 1 aliphatic heterocycles. The molecule has 1 heterocycles. The number of benzene rings is 3. The first kappa shape index (κ1) is 23.8. The fourth-order valence-corrected chi connectivity index (χ4v) is 4.32. The van der Waals surface area contributed by atoms with E-state index in [1.807, 2.05) is 37.3 Å². The molecular formula is C28H26BrNO4. The van der Waals surface area contributed by atoms with Crippen LogP contribution in [0.15, 0.2) is 82.8 Å². The summed E-state index contributed by atoms with van der Waals surface area (Å²) in [5.41, 5.74) is 2.96. The van der Waals surface area contributed by atoms with Crippen molar-refractivity contribution < 1.29 is 19.4 Å². The average Bonchev–Trinajstić information content (AvgIpc) is 3.13. The molecule has 0 bridgehead atoms. The standard InChI is InChI=1S/C28H26BrNO4/c1-3-16-34-23-7-5-6-22(17-23)30-25(19-10-8-18(4-2)9-11-19)24(27(32)28(30)33)26(31)20-12-14-21(29)15-13-20/h5-15,17,25,31H,3-4,16H2,1-2H3/b26-24+. The Labute approximate surface area is 207 Å². The highest BCUT2D eigenvalue weighted by atomic mass is 79.9. The van der Waals surface area contributed by atoms with Gasteiger partial charge in [0, 0.05) is 21.8 Å². The van der Waals surface area contributed by atoms with Crippen LogP contribution >= 0.6 is 15.9 Å². The van der Waals surface area contributed by atoms with Crippen LogP contribution in [0.5, 0.6) is 5.75 Å². The minimum Gasteiger partial charge on any atom is -0.507 e. The van der Waals surface area contributed by atoms with Gasteiger partial charge in [-0.1, -0.05) is 72.2 Å². The van der Waals surface area contributed by atoms with E-state index in [0.717, 1.165) is 28.4 Å². The number of aliphatic hydroxyl groups excluding tert-OH is 1. The third-order valence-electron chi connectivity index (χ3n) is 5.83. The number of aliphatic hydroxyl groups is 1. The number of carbonyl (C=O) groups is 2. The lowest BCUT2D eigenvalue weighted by Gasteiger charge is -2.26. The van der Waals surface area contributed by atoms with Gasteiger partial charge in [-0.15, -0.1) is 0 Å². The van der Waals surface area contributed by atoms with Gasteiger partial charge >= 0.3 is 0 Å². The number of hydrogen-bond donors (Lipinski definition) is 1. The second-order valence-corrected chi connectivity index (χ2v) is 9.03. The number of carbonyl (C=O) groups excluding carboxylic acids is 2. The van der Waals surface area contributed by atoms with E-state index in [-0.39, 0.29) is 11.3 Å². The van der Waals surface area contributed by atoms with Gasteiger partial charge in [-0.05, 0) is 48.2 Å². The second kappa shape index (κ2) is 10.3. The van der Waals surface area contributed by atoms with Crippen molar-refractivity contribution in [3.8, 4) is 5.75 Å². The van der Waals surface area contributed by atoms with Gasteiger partial charge in [-0.3, -0.25) is 14.5 Å². The van der Waals surface area contributed by atoms with Crippen LogP contribution in [-0.4, -0.2) is 23.4 Å². The second-order valence-electron chi connectivity index (χ2n) is 8.12. The van der Waals surface area contributed by atoms with Crippen molar-refractivity contribution in [2.75, 3.05) is 11.5 Å². The van der Waals surface area contributed by atoms with Crippen LogP contribution in [0.25, 0.3) is 5.76 Å². The normalized spacial score (nSPS) is 17.3. The average molecular weight is 520 g/mol. The monoisotopic (exact) mass is 519 g/mol. The SMILES string of the molecule is CCCOc1cccc(N2C(=O)C(=O)/C(=C(/O)c3ccc(Br)cc3)C2c2ccc(CC)cc2)c1. The Kier molecular flexibility index (Phi) is 7.17. The molecule has 3 aromatic rings. The van der Waals surface area contributed by atoms with Gasteiger partial charge in [0.05, 0.1) is 18.2 Å². The number of ketones is 1. The van der Waals surface area contributed by atoms with Gasteiger partial charge in [0.25, 0.3) is 11.7 Å². The Hall–Kier alpha value is -3.38. The quantitative estimate of drug-likeness (QED) is 0.222. The molecule has 1 aliphatic rings. The van der Waals surface area contributed by atoms with E-state index in [0.29, 0.717) is 23.6 Å². The Morgan fingerprint density at radius 1 is 1.00 bits per heavy atom. The minimum atomic E-state index is -0.768. The zero-order valence-electron chi connectivity index (χ0n) is 19.1. The van der Waals surface area contributed by atoms with Crippen molar-refractivity contribution in [2.24, 2.45) is 0 Å². The summed E-state index contributed by atoms with van der Waals surface area (Å²) in [6.45, 7) is 4.63. The Bertz CT molecular complexity index is 1230. The predicted molar refractivity (Wildman–Crippen MR) is 137 cm³/mol. The maximum absolute atomic E-state index is 13.3. The predicted octanol–water partition coefficient (Wildman–Crippen LogP) is 6.43. The van der Waals surface area contributed by atoms with Gasteiger partial charge in [0.15, 0.2) is 0 Å². The van der Waals surface area contributed by atoms with Crippen LogP contribution < -0.4 is 9.64 Å². The molecule has 1 atom stereocenters. The number of amides is 1. The smallest absolute Gasteiger partial charge is 0.300 e. The van der Waals surface area contributed by atoms with Gasteiger partial charge in [-0.2, -0.15) is 0 Å². The molecule has 1 unspecified atom stereocenters. The summed E-state index contributed by atoms with van der Waals surface area (Å²) >= 11 is 3.39. The molecule has 5 nitrogen and oxygen atoms in total. The first-order valence-corrected chi connectivity index (χ1v) is 12.1. The summed E-state index contributed by atoms with van der Waals surface area (Å²) in [6.07, 6.45) is 1.72. The van der Waals surface area contributed by atoms with Crippen LogP contribution in [0, 0.1) is 0 Å². The van der Waals surface area contributed by atoms with Crippen molar-refractivity contribution in [3.63, 3.8) is 0 Å². The zero-order valence-corrected chi connectivity index (χ0v) is 20.7. The number of ether oxygens (including phenoxy) is 1. The Morgan fingerprint density at radius 3 is 2.35 bits per heavy atom. The molecule has 174 valence electrons. The zero-order chi connectivity index (χ0) is 24.2. The summed E-state index contributed by atoms with van der Waals surface area (Å²) in [5, 5.41) is 11.2. The van der Waals surface area contributed by atoms with Gasteiger partial charge < -0.3 is 9.84 Å². The highest BCUT2D eigenvalue weighted by molar-refractivity contribution is 9.10. The molecule has 0 saturated carbocycles. The molecule has 1 amide bonds. The number of rotatable bonds is 7. The number of hydrogen-bond acceptors (Lipinski definition) is 4. The number of halogens is 1.